The van der Waals surface area contributed by atoms with Gasteiger partial charge in [-0.1, -0.05) is 6.92 Å². The van der Waals surface area contributed by atoms with Crippen LogP contribution in [0.25, 0.3) is 6.08 Å². The molecule has 1 radical (unpaired) electrons. The minimum absolute atomic E-state index is 0. The molecular weight excluding hydrogens is 207 g/mol. The van der Waals surface area contributed by atoms with Gasteiger partial charge in [-0.15, -0.1) is 23.8 Å². The van der Waals surface area contributed by atoms with Crippen molar-refractivity contribution in [2.75, 3.05) is 0 Å². The van der Waals surface area contributed by atoms with Crippen molar-refractivity contribution in [1.82, 2.24) is 0 Å². The molecular formula is C13H14V. The van der Waals surface area contributed by atoms with Gasteiger partial charge in [-0.2, -0.15) is 36.4 Å². The molecule has 71 valence electrons. The van der Waals surface area contributed by atoms with Crippen molar-refractivity contribution >= 4 is 6.08 Å². The topological polar surface area (TPSA) is 0 Å². The molecule has 2 aromatic rings. The molecule has 0 aliphatic heterocycles. The molecule has 0 spiro atoms. The van der Waals surface area contributed by atoms with Gasteiger partial charge in [-0.05, 0) is 0 Å². The van der Waals surface area contributed by atoms with Crippen molar-refractivity contribution in [3.05, 3.63) is 66.2 Å². The number of allylic oxidation sites excluding steroid dienone is 1. The predicted molar refractivity (Wildman–Crippen MR) is 58.8 cm³/mol. The summed E-state index contributed by atoms with van der Waals surface area (Å²) in [6.07, 6.45) is 4.12. The van der Waals surface area contributed by atoms with Gasteiger partial charge in [0.25, 0.3) is 0 Å². The minimum Gasteiger partial charge on any atom is -0.214 e. The second-order valence-corrected chi connectivity index (χ2v) is 2.68. The maximum absolute atomic E-state index is 2.08. The van der Waals surface area contributed by atoms with Gasteiger partial charge >= 0.3 is 18.6 Å². The van der Waals surface area contributed by atoms with E-state index in [0.717, 1.165) is 0 Å². The van der Waals surface area contributed by atoms with Crippen molar-refractivity contribution in [3.8, 4) is 0 Å². The number of hydrogen-bond donors (Lipinski definition) is 0. The van der Waals surface area contributed by atoms with E-state index in [4.69, 9.17) is 0 Å². The SMILES string of the molecule is CC=C[c-]1cccc1.[V+2].c1cc[cH-]c1. The van der Waals surface area contributed by atoms with Gasteiger partial charge in [-0.25, -0.2) is 12.1 Å². The van der Waals surface area contributed by atoms with Gasteiger partial charge in [-0.3, -0.25) is 0 Å². The fraction of sp³-hybridized carbons (Fsp3) is 0.0769. The smallest absolute Gasteiger partial charge is 0.214 e. The van der Waals surface area contributed by atoms with Crippen molar-refractivity contribution in [3.63, 3.8) is 0 Å². The van der Waals surface area contributed by atoms with Crippen LogP contribution in [0.15, 0.2) is 60.7 Å². The van der Waals surface area contributed by atoms with E-state index >= 15 is 0 Å². The van der Waals surface area contributed by atoms with Gasteiger partial charge in [0.1, 0.15) is 0 Å². The van der Waals surface area contributed by atoms with E-state index in [-0.39, 0.29) is 18.6 Å². The van der Waals surface area contributed by atoms with Crippen LogP contribution in [0.1, 0.15) is 12.5 Å². The van der Waals surface area contributed by atoms with Crippen LogP contribution in [0.5, 0.6) is 0 Å². The van der Waals surface area contributed by atoms with Crippen LogP contribution in [0.4, 0.5) is 0 Å². The summed E-state index contributed by atoms with van der Waals surface area (Å²) in [4.78, 5) is 0. The Kier molecular flexibility index (Phi) is 8.01. The molecule has 0 saturated carbocycles. The van der Waals surface area contributed by atoms with Crippen molar-refractivity contribution in [2.24, 2.45) is 0 Å². The molecule has 0 aromatic heterocycles. The van der Waals surface area contributed by atoms with Gasteiger partial charge in [0.15, 0.2) is 0 Å². The normalized spacial score (nSPS) is 8.93. The largest absolute Gasteiger partial charge is 2.00 e. The molecule has 0 bridgehead atoms. The van der Waals surface area contributed by atoms with Gasteiger partial charge in [0, 0.05) is 0 Å². The first-order chi connectivity index (χ1) is 6.43. The Balaban J connectivity index is 0.000000246. The summed E-state index contributed by atoms with van der Waals surface area (Å²) in [5.41, 5.74) is 1.28. The Morgan fingerprint density at radius 1 is 1.00 bits per heavy atom. The Labute approximate surface area is 97.9 Å². The molecule has 0 aliphatic carbocycles. The Morgan fingerprint density at radius 2 is 1.57 bits per heavy atom. The molecule has 0 unspecified atom stereocenters. The van der Waals surface area contributed by atoms with Crippen LogP contribution in [-0.2, 0) is 18.6 Å². The zero-order valence-corrected chi connectivity index (χ0v) is 9.69. The summed E-state index contributed by atoms with van der Waals surface area (Å²) in [6.45, 7) is 2.02. The predicted octanol–water partition coefficient (Wildman–Crippen LogP) is 3.84. The zero-order chi connectivity index (χ0) is 9.36. The first kappa shape index (κ1) is 13.0. The first-order valence-electron chi connectivity index (χ1n) is 4.44. The van der Waals surface area contributed by atoms with Crippen LogP contribution < -0.4 is 0 Å². The third-order valence-corrected chi connectivity index (χ3v) is 1.60. The average Bonchev–Trinajstić information content (AvgIpc) is 2.79. The average molecular weight is 221 g/mol. The van der Waals surface area contributed by atoms with Crippen molar-refractivity contribution in [2.45, 2.75) is 6.92 Å². The summed E-state index contributed by atoms with van der Waals surface area (Å²) < 4.78 is 0. The third kappa shape index (κ3) is 5.63. The summed E-state index contributed by atoms with van der Waals surface area (Å²) in [5, 5.41) is 0. The van der Waals surface area contributed by atoms with Crippen LogP contribution in [0, 0.1) is 0 Å². The summed E-state index contributed by atoms with van der Waals surface area (Å²) in [6, 6.07) is 18.2. The quantitative estimate of drug-likeness (QED) is 0.642. The minimum atomic E-state index is 0. The molecule has 2 aromatic carbocycles. The molecule has 0 fully saturated rings. The fourth-order valence-electron chi connectivity index (χ4n) is 1.01. The molecule has 0 aliphatic rings. The van der Waals surface area contributed by atoms with Crippen LogP contribution in [-0.4, -0.2) is 0 Å². The maximum atomic E-state index is 2.08. The number of rotatable bonds is 1. The van der Waals surface area contributed by atoms with E-state index in [9.17, 15) is 0 Å². The molecule has 0 nitrogen and oxygen atoms in total. The van der Waals surface area contributed by atoms with E-state index in [1.807, 2.05) is 55.5 Å². The van der Waals surface area contributed by atoms with E-state index in [2.05, 4.69) is 18.2 Å². The molecule has 0 amide bonds. The van der Waals surface area contributed by atoms with Gasteiger partial charge in [0.2, 0.25) is 0 Å². The molecule has 14 heavy (non-hydrogen) atoms. The molecule has 2 rings (SSSR count). The van der Waals surface area contributed by atoms with Gasteiger partial charge < -0.3 is 0 Å². The molecule has 1 heteroatoms. The summed E-state index contributed by atoms with van der Waals surface area (Å²) in [5.74, 6) is 0. The van der Waals surface area contributed by atoms with E-state index in [1.165, 1.54) is 5.56 Å². The molecule has 0 saturated heterocycles. The Hall–Kier alpha value is -0.976. The number of hydrogen-bond acceptors (Lipinski definition) is 0. The van der Waals surface area contributed by atoms with E-state index in [1.54, 1.807) is 0 Å². The molecule has 0 N–H and O–H groups in total. The first-order valence-corrected chi connectivity index (χ1v) is 4.44. The molecule has 0 atom stereocenters. The monoisotopic (exact) mass is 221 g/mol. The van der Waals surface area contributed by atoms with E-state index < -0.39 is 0 Å². The van der Waals surface area contributed by atoms with Crippen LogP contribution >= 0.6 is 0 Å². The second kappa shape index (κ2) is 8.62. The van der Waals surface area contributed by atoms with Crippen molar-refractivity contribution < 1.29 is 18.6 Å². The van der Waals surface area contributed by atoms with Gasteiger partial charge in [0.05, 0.1) is 0 Å². The third-order valence-electron chi connectivity index (χ3n) is 1.60. The summed E-state index contributed by atoms with van der Waals surface area (Å²) in [7, 11) is 0. The standard InChI is InChI=1S/C8H9.C5H5.V/c1-2-5-8-6-3-4-7-8;1-2-4-5-3-1;/h2-7H,1H3;1-5H;/q2*-1;+2. The van der Waals surface area contributed by atoms with Crippen molar-refractivity contribution in [1.29, 1.82) is 0 Å². The maximum Gasteiger partial charge on any atom is 2.00 e. The van der Waals surface area contributed by atoms with E-state index in [0.29, 0.717) is 0 Å². The second-order valence-electron chi connectivity index (χ2n) is 2.68. The Bertz CT molecular complexity index is 284. The molecule has 0 heterocycles. The van der Waals surface area contributed by atoms with Crippen LogP contribution in [0.2, 0.25) is 0 Å². The Morgan fingerprint density at radius 3 is 1.93 bits per heavy atom. The fourth-order valence-corrected chi connectivity index (χ4v) is 1.01. The van der Waals surface area contributed by atoms with Crippen LogP contribution in [0.3, 0.4) is 0 Å². The zero-order valence-electron chi connectivity index (χ0n) is 8.30. The summed E-state index contributed by atoms with van der Waals surface area (Å²) >= 11 is 0.